The van der Waals surface area contributed by atoms with Crippen LogP contribution in [0, 0.1) is 13.8 Å². The molecule has 6 heteroatoms. The van der Waals surface area contributed by atoms with Gasteiger partial charge in [0.05, 0.1) is 24.5 Å². The second kappa shape index (κ2) is 8.79. The van der Waals surface area contributed by atoms with Crippen molar-refractivity contribution in [1.29, 1.82) is 0 Å². The molecule has 3 aromatic rings. The maximum absolute atomic E-state index is 12.7. The van der Waals surface area contributed by atoms with Gasteiger partial charge in [0.15, 0.2) is 0 Å². The van der Waals surface area contributed by atoms with Crippen LogP contribution in [-0.2, 0) is 17.8 Å². The van der Waals surface area contributed by atoms with E-state index in [2.05, 4.69) is 47.4 Å². The normalized spacial score (nSPS) is 15.8. The molecule has 0 radical (unpaired) electrons. The number of nitrogens with zero attached hydrogens (tertiary/aromatic N) is 4. The molecule has 2 heterocycles. The van der Waals surface area contributed by atoms with Gasteiger partial charge in [-0.05, 0) is 75.0 Å². The van der Waals surface area contributed by atoms with Crippen molar-refractivity contribution in [2.45, 2.75) is 45.7 Å². The molecule has 1 unspecified atom stereocenters. The fourth-order valence-corrected chi connectivity index (χ4v) is 4.35. The number of hydrogen-bond acceptors (Lipinski definition) is 4. The summed E-state index contributed by atoms with van der Waals surface area (Å²) in [6.07, 6.45) is 8.49. The van der Waals surface area contributed by atoms with E-state index in [1.54, 1.807) is 6.20 Å². The summed E-state index contributed by atoms with van der Waals surface area (Å²) in [5.74, 6) is 0.0402. The molecule has 1 amide bonds. The predicted molar refractivity (Wildman–Crippen MR) is 117 cm³/mol. The Hall–Kier alpha value is -2.99. The minimum absolute atomic E-state index is 0.0210. The first kappa shape index (κ1) is 20.3. The highest BCUT2D eigenvalue weighted by Crippen LogP contribution is 2.31. The van der Waals surface area contributed by atoms with E-state index in [1.807, 2.05) is 41.2 Å². The largest absolute Gasteiger partial charge is 0.348 e. The van der Waals surface area contributed by atoms with Crippen molar-refractivity contribution in [2.24, 2.45) is 0 Å². The second-order valence-electron chi connectivity index (χ2n) is 8.35. The molecule has 1 aliphatic rings. The molecule has 0 saturated carbocycles. The van der Waals surface area contributed by atoms with E-state index in [0.29, 0.717) is 13.1 Å². The third kappa shape index (κ3) is 4.60. The number of benzene rings is 1. The van der Waals surface area contributed by atoms with Crippen molar-refractivity contribution >= 4 is 5.91 Å². The van der Waals surface area contributed by atoms with Crippen LogP contribution in [0.1, 0.15) is 46.8 Å². The predicted octanol–water partition coefficient (Wildman–Crippen LogP) is 3.51. The zero-order valence-corrected chi connectivity index (χ0v) is 17.9. The number of carbonyl (C=O) groups is 1. The number of nitrogens with one attached hydrogen (secondary N) is 1. The lowest BCUT2D eigenvalue weighted by Crippen LogP contribution is -2.38. The van der Waals surface area contributed by atoms with Gasteiger partial charge in [0, 0.05) is 30.2 Å². The standard InChI is InChI=1S/C24H29N5O/c1-17-10-18(2)12-20(11-17)29-23-8-4-7-22(21(23)14-26-29)27-24(30)16-28(3)15-19-6-5-9-25-13-19/h5-6,9-14,22H,4,7-8,15-16H2,1-3H3,(H,27,30). The summed E-state index contributed by atoms with van der Waals surface area (Å²) >= 11 is 0. The Morgan fingerprint density at radius 1 is 1.23 bits per heavy atom. The van der Waals surface area contributed by atoms with Gasteiger partial charge in [-0.2, -0.15) is 5.10 Å². The Morgan fingerprint density at radius 3 is 2.77 bits per heavy atom. The number of amides is 1. The van der Waals surface area contributed by atoms with Crippen LogP contribution in [0.2, 0.25) is 0 Å². The van der Waals surface area contributed by atoms with Gasteiger partial charge < -0.3 is 5.32 Å². The van der Waals surface area contributed by atoms with Gasteiger partial charge in [0.1, 0.15) is 0 Å². The fourth-order valence-electron chi connectivity index (χ4n) is 4.35. The molecule has 1 aliphatic carbocycles. The number of rotatable bonds is 6. The quantitative estimate of drug-likeness (QED) is 0.684. The molecule has 0 spiro atoms. The van der Waals surface area contributed by atoms with Crippen molar-refractivity contribution in [1.82, 2.24) is 25.0 Å². The summed E-state index contributed by atoms with van der Waals surface area (Å²) in [5, 5.41) is 7.90. The lowest BCUT2D eigenvalue weighted by molar-refractivity contribution is -0.122. The Morgan fingerprint density at radius 2 is 2.03 bits per heavy atom. The molecule has 0 bridgehead atoms. The molecule has 1 N–H and O–H groups in total. The summed E-state index contributed by atoms with van der Waals surface area (Å²) in [6, 6.07) is 10.5. The molecular formula is C24H29N5O. The van der Waals surface area contributed by atoms with Crippen LogP contribution in [0.15, 0.2) is 48.9 Å². The van der Waals surface area contributed by atoms with Gasteiger partial charge in [0.2, 0.25) is 5.91 Å². The minimum Gasteiger partial charge on any atom is -0.348 e. The number of aryl methyl sites for hydroxylation is 2. The molecule has 30 heavy (non-hydrogen) atoms. The van der Waals surface area contributed by atoms with Crippen LogP contribution in [0.5, 0.6) is 0 Å². The summed E-state index contributed by atoms with van der Waals surface area (Å²) < 4.78 is 2.04. The first-order valence-electron chi connectivity index (χ1n) is 10.5. The Labute approximate surface area is 177 Å². The fraction of sp³-hybridized carbons (Fsp3) is 0.375. The van der Waals surface area contributed by atoms with Gasteiger partial charge in [-0.3, -0.25) is 14.7 Å². The van der Waals surface area contributed by atoms with E-state index in [9.17, 15) is 4.79 Å². The molecule has 0 saturated heterocycles. The Balaban J connectivity index is 1.44. The average molecular weight is 404 g/mol. The number of carbonyl (C=O) groups excluding carboxylic acids is 1. The highest BCUT2D eigenvalue weighted by atomic mass is 16.2. The van der Waals surface area contributed by atoms with E-state index < -0.39 is 0 Å². The molecule has 0 fully saturated rings. The summed E-state index contributed by atoms with van der Waals surface area (Å²) in [7, 11) is 1.96. The molecule has 156 valence electrons. The topological polar surface area (TPSA) is 63.1 Å². The summed E-state index contributed by atoms with van der Waals surface area (Å²) in [6.45, 7) is 5.27. The van der Waals surface area contributed by atoms with E-state index in [-0.39, 0.29) is 11.9 Å². The molecule has 0 aliphatic heterocycles. The van der Waals surface area contributed by atoms with Gasteiger partial charge in [-0.1, -0.05) is 12.1 Å². The number of pyridine rings is 1. The lowest BCUT2D eigenvalue weighted by atomic mass is 9.92. The van der Waals surface area contributed by atoms with Gasteiger partial charge in [-0.15, -0.1) is 0 Å². The van der Waals surface area contributed by atoms with E-state index in [4.69, 9.17) is 0 Å². The van der Waals surface area contributed by atoms with Crippen molar-refractivity contribution in [3.8, 4) is 5.69 Å². The monoisotopic (exact) mass is 403 g/mol. The van der Waals surface area contributed by atoms with Crippen molar-refractivity contribution in [3.63, 3.8) is 0 Å². The summed E-state index contributed by atoms with van der Waals surface area (Å²) in [5.41, 5.74) is 7.00. The number of hydrogen-bond donors (Lipinski definition) is 1. The number of likely N-dealkylation sites (N-methyl/N-ethyl adjacent to an activating group) is 1. The van der Waals surface area contributed by atoms with E-state index in [1.165, 1.54) is 16.8 Å². The van der Waals surface area contributed by atoms with Crippen LogP contribution in [-0.4, -0.2) is 39.2 Å². The second-order valence-corrected chi connectivity index (χ2v) is 8.35. The van der Waals surface area contributed by atoms with Crippen molar-refractivity contribution in [2.75, 3.05) is 13.6 Å². The smallest absolute Gasteiger partial charge is 0.234 e. The molecule has 1 aromatic carbocycles. The molecule has 1 atom stereocenters. The zero-order chi connectivity index (χ0) is 21.1. The SMILES string of the molecule is Cc1cc(C)cc(-n2ncc3c2CCCC3NC(=O)CN(C)Cc2cccnc2)c1. The van der Waals surface area contributed by atoms with Crippen LogP contribution in [0.3, 0.4) is 0 Å². The Bertz CT molecular complexity index is 1010. The Kier molecular flexibility index (Phi) is 5.95. The molecular weight excluding hydrogens is 374 g/mol. The van der Waals surface area contributed by atoms with E-state index in [0.717, 1.165) is 36.1 Å². The van der Waals surface area contributed by atoms with Gasteiger partial charge in [-0.25, -0.2) is 4.68 Å². The van der Waals surface area contributed by atoms with Gasteiger partial charge >= 0.3 is 0 Å². The third-order valence-corrected chi connectivity index (χ3v) is 5.56. The summed E-state index contributed by atoms with van der Waals surface area (Å²) in [4.78, 5) is 18.8. The third-order valence-electron chi connectivity index (χ3n) is 5.56. The first-order valence-corrected chi connectivity index (χ1v) is 10.5. The van der Waals surface area contributed by atoms with Crippen molar-refractivity contribution < 1.29 is 4.79 Å². The highest BCUT2D eigenvalue weighted by molar-refractivity contribution is 5.78. The van der Waals surface area contributed by atoms with Crippen LogP contribution >= 0.6 is 0 Å². The highest BCUT2D eigenvalue weighted by Gasteiger charge is 2.26. The van der Waals surface area contributed by atoms with Crippen LogP contribution in [0.4, 0.5) is 0 Å². The van der Waals surface area contributed by atoms with E-state index >= 15 is 0 Å². The average Bonchev–Trinajstić information content (AvgIpc) is 3.13. The van der Waals surface area contributed by atoms with Crippen LogP contribution in [0.25, 0.3) is 5.69 Å². The molecule has 6 nitrogen and oxygen atoms in total. The first-order chi connectivity index (χ1) is 14.5. The number of aromatic nitrogens is 3. The zero-order valence-electron chi connectivity index (χ0n) is 17.9. The maximum atomic E-state index is 12.7. The van der Waals surface area contributed by atoms with Crippen LogP contribution < -0.4 is 5.32 Å². The minimum atomic E-state index is 0.0210. The number of fused-ring (bicyclic) bond motifs is 1. The molecule has 4 rings (SSSR count). The molecule has 2 aromatic heterocycles. The maximum Gasteiger partial charge on any atom is 0.234 e. The van der Waals surface area contributed by atoms with Gasteiger partial charge in [0.25, 0.3) is 0 Å². The van der Waals surface area contributed by atoms with Crippen molar-refractivity contribution in [3.05, 3.63) is 76.9 Å². The lowest BCUT2D eigenvalue weighted by Gasteiger charge is -2.25.